The summed E-state index contributed by atoms with van der Waals surface area (Å²) in [5.74, 6) is 0.609. The highest BCUT2D eigenvalue weighted by molar-refractivity contribution is 5.22. The quantitative estimate of drug-likeness (QED) is 0.754. The highest BCUT2D eigenvalue weighted by atomic mass is 15.6. The van der Waals surface area contributed by atoms with Crippen LogP contribution in [-0.4, -0.2) is 30.2 Å². The van der Waals surface area contributed by atoms with Gasteiger partial charge in [-0.05, 0) is 17.4 Å². The van der Waals surface area contributed by atoms with Crippen LogP contribution in [0.25, 0.3) is 0 Å². The number of aromatic nitrogens is 6. The fraction of sp³-hybridized carbons (Fsp3) is 0.375. The molecule has 7 nitrogen and oxygen atoms in total. The van der Waals surface area contributed by atoms with Crippen LogP contribution in [0.15, 0.2) is 12.4 Å². The van der Waals surface area contributed by atoms with Gasteiger partial charge in [-0.2, -0.15) is 0 Å². The Balaban J connectivity index is 1.99. The molecule has 0 saturated heterocycles. The molecule has 2 heterocycles. The van der Waals surface area contributed by atoms with Gasteiger partial charge in [-0.15, -0.1) is 0 Å². The van der Waals surface area contributed by atoms with Crippen LogP contribution in [0.5, 0.6) is 0 Å². The van der Waals surface area contributed by atoms with Crippen LogP contribution < -0.4 is 5.32 Å². The van der Waals surface area contributed by atoms with E-state index in [2.05, 4.69) is 30.8 Å². The van der Waals surface area contributed by atoms with E-state index in [1.165, 1.54) is 0 Å². The number of aryl methyl sites for hydroxylation is 2. The molecule has 0 fully saturated rings. The number of hydrogen-bond donors (Lipinski definition) is 1. The van der Waals surface area contributed by atoms with Crippen LogP contribution in [-0.2, 0) is 13.6 Å². The maximum absolute atomic E-state index is 4.20. The fourth-order valence-corrected chi connectivity index (χ4v) is 1.06. The lowest BCUT2D eigenvalue weighted by atomic mass is 10.4. The van der Waals surface area contributed by atoms with Crippen LogP contribution >= 0.6 is 0 Å². The standard InChI is InChI=1S/C8H11N7/c1-6-3-10-7(4-9-6)5-11-8-12-13-14-15(8)2/h3-4H,5H2,1-2H3,(H,11,12,14). The summed E-state index contributed by atoms with van der Waals surface area (Å²) in [6.07, 6.45) is 3.46. The average molecular weight is 205 g/mol. The summed E-state index contributed by atoms with van der Waals surface area (Å²) < 4.78 is 1.56. The molecule has 0 saturated carbocycles. The minimum absolute atomic E-state index is 0.557. The van der Waals surface area contributed by atoms with Gasteiger partial charge in [0, 0.05) is 13.2 Å². The number of hydrogen-bond acceptors (Lipinski definition) is 6. The maximum atomic E-state index is 4.20. The van der Waals surface area contributed by atoms with Crippen molar-refractivity contribution in [2.24, 2.45) is 7.05 Å². The predicted octanol–water partition coefficient (Wildman–Crippen LogP) is -0.0794. The van der Waals surface area contributed by atoms with Crippen molar-refractivity contribution < 1.29 is 0 Å². The maximum Gasteiger partial charge on any atom is 0.242 e. The van der Waals surface area contributed by atoms with Crippen LogP contribution in [0, 0.1) is 6.92 Å². The van der Waals surface area contributed by atoms with Gasteiger partial charge in [0.15, 0.2) is 0 Å². The van der Waals surface area contributed by atoms with E-state index in [1.807, 2.05) is 6.92 Å². The summed E-state index contributed by atoms with van der Waals surface area (Å²) in [7, 11) is 1.77. The van der Waals surface area contributed by atoms with Crippen LogP contribution in [0.3, 0.4) is 0 Å². The third-order valence-corrected chi connectivity index (χ3v) is 1.88. The second-order valence-electron chi connectivity index (χ2n) is 3.13. The highest BCUT2D eigenvalue weighted by Gasteiger charge is 2.01. The Morgan fingerprint density at radius 2 is 2.20 bits per heavy atom. The SMILES string of the molecule is Cc1cnc(CNc2nnnn2C)cn1. The van der Waals surface area contributed by atoms with Gasteiger partial charge < -0.3 is 5.32 Å². The van der Waals surface area contributed by atoms with E-state index < -0.39 is 0 Å². The van der Waals surface area contributed by atoms with Crippen molar-refractivity contribution in [2.45, 2.75) is 13.5 Å². The van der Waals surface area contributed by atoms with E-state index >= 15 is 0 Å². The van der Waals surface area contributed by atoms with E-state index in [4.69, 9.17) is 0 Å². The predicted molar refractivity (Wildman–Crippen MR) is 52.9 cm³/mol. The third kappa shape index (κ3) is 2.25. The Bertz CT molecular complexity index is 433. The van der Waals surface area contributed by atoms with E-state index in [0.29, 0.717) is 12.5 Å². The lowest BCUT2D eigenvalue weighted by molar-refractivity contribution is 0.711. The smallest absolute Gasteiger partial charge is 0.242 e. The van der Waals surface area contributed by atoms with E-state index in [0.717, 1.165) is 11.4 Å². The summed E-state index contributed by atoms with van der Waals surface area (Å²) >= 11 is 0. The van der Waals surface area contributed by atoms with Crippen LogP contribution in [0.2, 0.25) is 0 Å². The Morgan fingerprint density at radius 3 is 2.80 bits per heavy atom. The van der Waals surface area contributed by atoms with Gasteiger partial charge in [-0.25, -0.2) is 4.68 Å². The largest absolute Gasteiger partial charge is 0.347 e. The first-order valence-corrected chi connectivity index (χ1v) is 4.49. The van der Waals surface area contributed by atoms with Crippen molar-refractivity contribution in [3.05, 3.63) is 23.8 Å². The topological polar surface area (TPSA) is 81.4 Å². The lowest BCUT2D eigenvalue weighted by Crippen LogP contribution is -2.07. The van der Waals surface area contributed by atoms with Gasteiger partial charge in [-0.1, -0.05) is 5.10 Å². The van der Waals surface area contributed by atoms with E-state index in [1.54, 1.807) is 24.1 Å². The summed E-state index contributed by atoms with van der Waals surface area (Å²) in [4.78, 5) is 8.35. The normalized spacial score (nSPS) is 10.3. The molecule has 0 aromatic carbocycles. The first kappa shape index (κ1) is 9.50. The molecule has 7 heteroatoms. The number of nitrogens with one attached hydrogen (secondary N) is 1. The van der Waals surface area contributed by atoms with E-state index in [9.17, 15) is 0 Å². The molecule has 2 aromatic rings. The molecule has 0 spiro atoms. The molecule has 0 aliphatic heterocycles. The Kier molecular flexibility index (Phi) is 2.53. The van der Waals surface area contributed by atoms with Crippen molar-refractivity contribution >= 4 is 5.95 Å². The van der Waals surface area contributed by atoms with Gasteiger partial charge >= 0.3 is 0 Å². The van der Waals surface area contributed by atoms with Gasteiger partial charge in [0.25, 0.3) is 0 Å². The summed E-state index contributed by atoms with van der Waals surface area (Å²) in [5.41, 5.74) is 1.75. The fourth-order valence-electron chi connectivity index (χ4n) is 1.06. The van der Waals surface area contributed by atoms with Crippen LogP contribution in [0.1, 0.15) is 11.4 Å². The molecule has 1 N–H and O–H groups in total. The summed E-state index contributed by atoms with van der Waals surface area (Å²) in [6, 6.07) is 0. The number of anilines is 1. The monoisotopic (exact) mass is 205 g/mol. The molecular formula is C8H11N7. The van der Waals surface area contributed by atoms with Crippen molar-refractivity contribution in [3.63, 3.8) is 0 Å². The third-order valence-electron chi connectivity index (χ3n) is 1.88. The van der Waals surface area contributed by atoms with Gasteiger partial charge in [-0.3, -0.25) is 9.97 Å². The first-order valence-electron chi connectivity index (χ1n) is 4.49. The van der Waals surface area contributed by atoms with Gasteiger partial charge in [0.1, 0.15) is 0 Å². The number of nitrogens with zero attached hydrogens (tertiary/aromatic N) is 6. The van der Waals surface area contributed by atoms with Crippen molar-refractivity contribution in [1.82, 2.24) is 30.2 Å². The molecule has 0 aliphatic carbocycles. The molecule has 2 aromatic heterocycles. The average Bonchev–Trinajstić information content (AvgIpc) is 2.63. The zero-order valence-electron chi connectivity index (χ0n) is 8.55. The molecule has 0 amide bonds. The molecule has 0 bridgehead atoms. The molecule has 0 unspecified atom stereocenters. The van der Waals surface area contributed by atoms with Crippen molar-refractivity contribution in [2.75, 3.05) is 5.32 Å². The zero-order valence-corrected chi connectivity index (χ0v) is 8.55. The summed E-state index contributed by atoms with van der Waals surface area (Å²) in [6.45, 7) is 2.46. The van der Waals surface area contributed by atoms with Crippen LogP contribution in [0.4, 0.5) is 5.95 Å². The second kappa shape index (κ2) is 3.99. The zero-order chi connectivity index (χ0) is 10.7. The molecule has 15 heavy (non-hydrogen) atoms. The Labute approximate surface area is 86.6 Å². The minimum atomic E-state index is 0.557. The molecular weight excluding hydrogens is 194 g/mol. The minimum Gasteiger partial charge on any atom is -0.347 e. The lowest BCUT2D eigenvalue weighted by Gasteiger charge is -2.02. The molecule has 2 rings (SSSR count). The number of rotatable bonds is 3. The second-order valence-corrected chi connectivity index (χ2v) is 3.13. The highest BCUT2D eigenvalue weighted by Crippen LogP contribution is 2.00. The number of tetrazole rings is 1. The first-order chi connectivity index (χ1) is 7.25. The molecule has 0 aliphatic rings. The Morgan fingerprint density at radius 1 is 1.33 bits per heavy atom. The molecule has 0 atom stereocenters. The van der Waals surface area contributed by atoms with Gasteiger partial charge in [0.05, 0.1) is 24.1 Å². The van der Waals surface area contributed by atoms with Gasteiger partial charge in [0.2, 0.25) is 5.95 Å². The van der Waals surface area contributed by atoms with E-state index in [-0.39, 0.29) is 0 Å². The summed E-state index contributed by atoms with van der Waals surface area (Å²) in [5, 5.41) is 14.1. The van der Waals surface area contributed by atoms with Crippen molar-refractivity contribution in [3.8, 4) is 0 Å². The van der Waals surface area contributed by atoms with Crippen molar-refractivity contribution in [1.29, 1.82) is 0 Å². The molecule has 78 valence electrons. The molecule has 0 radical (unpaired) electrons. The Hall–Kier alpha value is -2.05.